The van der Waals surface area contributed by atoms with Crippen molar-refractivity contribution in [2.75, 3.05) is 0 Å². The summed E-state index contributed by atoms with van der Waals surface area (Å²) in [5, 5.41) is 1.40. The van der Waals surface area contributed by atoms with E-state index in [9.17, 15) is 48.5 Å². The molecule has 50 heavy (non-hydrogen) atoms. The van der Waals surface area contributed by atoms with Gasteiger partial charge in [0.05, 0.1) is 11.3 Å². The van der Waals surface area contributed by atoms with Crippen LogP contribution < -0.4 is 9.47 Å². The van der Waals surface area contributed by atoms with Crippen LogP contribution >= 0.6 is 0 Å². The van der Waals surface area contributed by atoms with Crippen LogP contribution in [0.5, 0.6) is 11.5 Å². The van der Waals surface area contributed by atoms with E-state index in [-0.39, 0.29) is 54.6 Å². The van der Waals surface area contributed by atoms with Crippen molar-refractivity contribution in [2.45, 2.75) is 28.0 Å². The molecule has 0 bridgehead atoms. The molecule has 6 aromatic rings. The number of carbonyl (C=O) groups excluding carboxylic acids is 2. The van der Waals surface area contributed by atoms with E-state index in [1.807, 2.05) is 0 Å². The van der Waals surface area contributed by atoms with Gasteiger partial charge in [0.25, 0.3) is 30.4 Å². The Balaban J connectivity index is 1.48. The maximum atomic E-state index is 13.2. The molecule has 0 heterocycles. The molecule has 0 aliphatic carbocycles. The maximum absolute atomic E-state index is 13.2. The fraction of sp³-hybridized carbons (Fsp3) is 0.0588. The van der Waals surface area contributed by atoms with Crippen LogP contribution in [0.25, 0.3) is 43.4 Å². The largest absolute Gasteiger partial charge is 0.427 e. The molecule has 16 heteroatoms. The number of rotatable bonds is 8. The number of benzene rings is 6. The van der Waals surface area contributed by atoms with Crippen molar-refractivity contribution in [1.82, 2.24) is 0 Å². The zero-order chi connectivity index (χ0) is 36.2. The number of fused-ring (bicyclic) bond motifs is 3. The Morgan fingerprint density at radius 2 is 1.26 bits per heavy atom. The second kappa shape index (κ2) is 12.6. The monoisotopic (exact) mass is 736 g/mol. The molecule has 0 unspecified atom stereocenters. The summed E-state index contributed by atoms with van der Waals surface area (Å²) in [7, 11) is -14.3. The highest BCUT2D eigenvalue weighted by molar-refractivity contribution is 7.86. The smallest absolute Gasteiger partial charge is 0.315 e. The number of ether oxygens (including phenoxy) is 2. The molecule has 0 aromatic heterocycles. The molecule has 256 valence electrons. The summed E-state index contributed by atoms with van der Waals surface area (Å²) in [4.78, 5) is 23.5. The molecular weight excluding hydrogens is 713 g/mol. The number of carbonyl (C=O) groups is 2. The van der Waals surface area contributed by atoms with Gasteiger partial charge < -0.3 is 9.47 Å². The van der Waals surface area contributed by atoms with Gasteiger partial charge in [-0.25, -0.2) is 0 Å². The third-order valence-corrected chi connectivity index (χ3v) is 10.4. The molecule has 0 radical (unpaired) electrons. The lowest BCUT2D eigenvalue weighted by atomic mass is 9.94. The molecule has 0 aliphatic heterocycles. The SMILES string of the molecule is CC(=O)Oc1cc(-c2cc3cccc(CC(=O)Oc4ccc(S(=O)(=O)O)c5ccccc45)c3cc2S(=O)(=O)O)c2cc(S(=O)(=O)O)ccc2c1. The fourth-order valence-electron chi connectivity index (χ4n) is 5.74. The minimum Gasteiger partial charge on any atom is -0.427 e. The molecule has 0 spiro atoms. The Bertz CT molecular complexity index is 2760. The first-order chi connectivity index (χ1) is 23.4. The first-order valence-electron chi connectivity index (χ1n) is 14.4. The molecule has 0 atom stereocenters. The third-order valence-electron chi connectivity index (χ3n) is 7.78. The summed E-state index contributed by atoms with van der Waals surface area (Å²) in [6, 6.07) is 21.9. The molecule has 6 rings (SSSR count). The second-order valence-corrected chi connectivity index (χ2v) is 15.3. The van der Waals surface area contributed by atoms with E-state index >= 15 is 0 Å². The zero-order valence-electron chi connectivity index (χ0n) is 25.6. The maximum Gasteiger partial charge on any atom is 0.315 e. The van der Waals surface area contributed by atoms with Crippen LogP contribution in [0.1, 0.15) is 12.5 Å². The van der Waals surface area contributed by atoms with Gasteiger partial charge in [-0.05, 0) is 81.2 Å². The molecule has 0 saturated carbocycles. The van der Waals surface area contributed by atoms with Crippen LogP contribution in [-0.2, 0) is 46.4 Å². The standard InChI is InChI=1S/C34H24O13S3/c1-19(35)46-23-13-22-9-10-24(48(37,38)39)17-28(22)29(16-23)30-14-20-5-4-6-21(27(20)18-33(30)50(43,44)45)15-34(36)47-31-11-12-32(49(40,41)42)26-8-3-2-7-25(26)31/h2-14,16-18H,15H2,1H3,(H,37,38,39)(H,40,41,42)(H,43,44,45). The Morgan fingerprint density at radius 3 is 1.92 bits per heavy atom. The Hall–Kier alpha value is -5.23. The lowest BCUT2D eigenvalue weighted by molar-refractivity contribution is -0.133. The predicted molar refractivity (Wildman–Crippen MR) is 181 cm³/mol. The highest BCUT2D eigenvalue weighted by Crippen LogP contribution is 2.40. The van der Waals surface area contributed by atoms with Gasteiger partial charge in [-0.1, -0.05) is 48.5 Å². The minimum absolute atomic E-state index is 0.00273. The second-order valence-electron chi connectivity index (χ2n) is 11.1. The van der Waals surface area contributed by atoms with Gasteiger partial charge in [0.2, 0.25) is 0 Å². The van der Waals surface area contributed by atoms with Crippen molar-refractivity contribution >= 4 is 74.6 Å². The average Bonchev–Trinajstić information content (AvgIpc) is 3.02. The molecule has 0 saturated heterocycles. The normalized spacial score (nSPS) is 12.3. The Morgan fingerprint density at radius 1 is 0.580 bits per heavy atom. The number of hydrogen-bond donors (Lipinski definition) is 3. The number of esters is 2. The topological polar surface area (TPSA) is 216 Å². The van der Waals surface area contributed by atoms with Crippen molar-refractivity contribution < 1.29 is 58.0 Å². The first-order valence-corrected chi connectivity index (χ1v) is 18.7. The lowest BCUT2D eigenvalue weighted by Gasteiger charge is -2.16. The summed E-state index contributed by atoms with van der Waals surface area (Å²) in [5.74, 6) is -1.52. The number of hydrogen-bond acceptors (Lipinski definition) is 10. The lowest BCUT2D eigenvalue weighted by Crippen LogP contribution is -2.12. The van der Waals surface area contributed by atoms with Gasteiger partial charge in [-0.15, -0.1) is 0 Å². The summed E-state index contributed by atoms with van der Waals surface area (Å²) >= 11 is 0. The van der Waals surface area contributed by atoms with Crippen LogP contribution in [0.15, 0.2) is 112 Å². The summed E-state index contributed by atoms with van der Waals surface area (Å²) in [6.07, 6.45) is -0.404. The van der Waals surface area contributed by atoms with Crippen LogP contribution in [0.2, 0.25) is 0 Å². The van der Waals surface area contributed by atoms with Gasteiger partial charge in [0, 0.05) is 23.3 Å². The molecule has 6 aromatic carbocycles. The van der Waals surface area contributed by atoms with Crippen molar-refractivity contribution in [3.63, 3.8) is 0 Å². The fourth-order valence-corrected chi connectivity index (χ4v) is 7.65. The average molecular weight is 737 g/mol. The van der Waals surface area contributed by atoms with Crippen molar-refractivity contribution in [3.05, 3.63) is 103 Å². The van der Waals surface area contributed by atoms with Gasteiger partial charge >= 0.3 is 11.9 Å². The third kappa shape index (κ3) is 6.93. The molecule has 0 aliphatic rings. The Kier molecular flexibility index (Phi) is 8.71. The van der Waals surface area contributed by atoms with Crippen molar-refractivity contribution in [1.29, 1.82) is 0 Å². The molecular formula is C34H24O13S3. The molecule has 0 amide bonds. The van der Waals surface area contributed by atoms with Crippen LogP contribution in [0, 0.1) is 0 Å². The minimum atomic E-state index is -5.01. The summed E-state index contributed by atoms with van der Waals surface area (Å²) in [5.41, 5.74) is 0.204. The van der Waals surface area contributed by atoms with E-state index in [4.69, 9.17) is 9.47 Å². The van der Waals surface area contributed by atoms with E-state index in [1.165, 1.54) is 48.5 Å². The van der Waals surface area contributed by atoms with E-state index in [2.05, 4.69) is 0 Å². The van der Waals surface area contributed by atoms with Crippen LogP contribution in [-0.4, -0.2) is 50.9 Å². The highest BCUT2D eigenvalue weighted by Gasteiger charge is 2.24. The summed E-state index contributed by atoms with van der Waals surface area (Å²) in [6.45, 7) is 1.15. The predicted octanol–water partition coefficient (Wildman–Crippen LogP) is 5.63. The van der Waals surface area contributed by atoms with Crippen LogP contribution in [0.3, 0.4) is 0 Å². The molecule has 13 nitrogen and oxygen atoms in total. The van der Waals surface area contributed by atoms with Crippen LogP contribution in [0.4, 0.5) is 0 Å². The van der Waals surface area contributed by atoms with Crippen molar-refractivity contribution in [3.8, 4) is 22.6 Å². The van der Waals surface area contributed by atoms with Gasteiger partial charge in [0.15, 0.2) is 0 Å². The summed E-state index contributed by atoms with van der Waals surface area (Å²) < 4.78 is 114. The zero-order valence-corrected chi connectivity index (χ0v) is 28.0. The molecule has 0 fully saturated rings. The van der Waals surface area contributed by atoms with Crippen molar-refractivity contribution in [2.24, 2.45) is 0 Å². The highest BCUT2D eigenvalue weighted by atomic mass is 32.2. The van der Waals surface area contributed by atoms with Gasteiger partial charge in [0.1, 0.15) is 21.3 Å². The first kappa shape index (κ1) is 34.6. The molecule has 3 N–H and O–H groups in total. The quantitative estimate of drug-likeness (QED) is 0.0983. The van der Waals surface area contributed by atoms with E-state index in [0.29, 0.717) is 10.8 Å². The van der Waals surface area contributed by atoms with Gasteiger partial charge in [-0.2, -0.15) is 25.3 Å². The van der Waals surface area contributed by atoms with Gasteiger partial charge in [-0.3, -0.25) is 23.2 Å². The van der Waals surface area contributed by atoms with E-state index in [0.717, 1.165) is 31.2 Å². The van der Waals surface area contributed by atoms with E-state index in [1.54, 1.807) is 24.3 Å². The Labute approximate surface area is 284 Å². The van der Waals surface area contributed by atoms with E-state index < -0.39 is 58.5 Å².